The maximum Gasteiger partial charge on any atom is 0.0237 e. The van der Waals surface area contributed by atoms with Crippen molar-refractivity contribution in [2.75, 3.05) is 6.54 Å². The Morgan fingerprint density at radius 1 is 0.560 bits per heavy atom. The van der Waals surface area contributed by atoms with Gasteiger partial charge in [-0.15, -0.1) is 0 Å². The van der Waals surface area contributed by atoms with Crippen molar-refractivity contribution in [3.8, 4) is 0 Å². The van der Waals surface area contributed by atoms with Gasteiger partial charge in [0.15, 0.2) is 0 Å². The Bertz CT molecular complexity index is 493. The van der Waals surface area contributed by atoms with Crippen molar-refractivity contribution < 1.29 is 0 Å². The first kappa shape index (κ1) is 19.7. The summed E-state index contributed by atoms with van der Waals surface area (Å²) in [6.45, 7) is 5.57. The first-order valence-electron chi connectivity index (χ1n) is 10.2. The molecule has 0 fully saturated rings. The SMILES string of the molecule is CCCCCCCCCCN(Cc1ccccc1)Cc1ccccc1. The topological polar surface area (TPSA) is 3.24 Å². The second kappa shape index (κ2) is 12.7. The number of nitrogens with zero attached hydrogens (tertiary/aromatic N) is 1. The highest BCUT2D eigenvalue weighted by Crippen LogP contribution is 2.13. The quantitative estimate of drug-likeness (QED) is 0.362. The van der Waals surface area contributed by atoms with Crippen LogP contribution < -0.4 is 0 Å². The van der Waals surface area contributed by atoms with Crippen molar-refractivity contribution >= 4 is 0 Å². The van der Waals surface area contributed by atoms with Gasteiger partial charge >= 0.3 is 0 Å². The number of hydrogen-bond acceptors (Lipinski definition) is 1. The van der Waals surface area contributed by atoms with Crippen LogP contribution in [0.2, 0.25) is 0 Å². The Labute approximate surface area is 155 Å². The summed E-state index contributed by atoms with van der Waals surface area (Å²) in [6.07, 6.45) is 11.1. The zero-order valence-electron chi connectivity index (χ0n) is 16.0. The summed E-state index contributed by atoms with van der Waals surface area (Å²) >= 11 is 0. The molecule has 0 saturated carbocycles. The van der Waals surface area contributed by atoms with Crippen molar-refractivity contribution in [2.24, 2.45) is 0 Å². The Kier molecular flexibility index (Phi) is 10.0. The molecule has 0 aliphatic rings. The van der Waals surface area contributed by atoms with Gasteiger partial charge in [0.25, 0.3) is 0 Å². The molecule has 2 aromatic rings. The Balaban J connectivity index is 1.74. The molecule has 0 atom stereocenters. The molecular weight excluding hydrogens is 302 g/mol. The van der Waals surface area contributed by atoms with E-state index in [0.717, 1.165) is 13.1 Å². The van der Waals surface area contributed by atoms with Crippen LogP contribution in [0.5, 0.6) is 0 Å². The molecule has 2 aromatic carbocycles. The van der Waals surface area contributed by atoms with E-state index in [1.165, 1.54) is 69.0 Å². The number of unbranched alkanes of at least 4 members (excludes halogenated alkanes) is 7. The molecule has 1 nitrogen and oxygen atoms in total. The highest BCUT2D eigenvalue weighted by molar-refractivity contribution is 5.17. The predicted molar refractivity (Wildman–Crippen MR) is 110 cm³/mol. The summed E-state index contributed by atoms with van der Waals surface area (Å²) in [5.74, 6) is 0. The van der Waals surface area contributed by atoms with E-state index < -0.39 is 0 Å². The lowest BCUT2D eigenvalue weighted by Crippen LogP contribution is -2.24. The average Bonchev–Trinajstić information content (AvgIpc) is 2.65. The summed E-state index contributed by atoms with van der Waals surface area (Å²) in [5, 5.41) is 0. The smallest absolute Gasteiger partial charge is 0.0237 e. The largest absolute Gasteiger partial charge is 0.295 e. The lowest BCUT2D eigenvalue weighted by Gasteiger charge is -2.22. The van der Waals surface area contributed by atoms with Crippen LogP contribution in [0.3, 0.4) is 0 Å². The molecule has 25 heavy (non-hydrogen) atoms. The zero-order valence-corrected chi connectivity index (χ0v) is 16.0. The zero-order chi connectivity index (χ0) is 17.6. The molecule has 0 amide bonds. The van der Waals surface area contributed by atoms with E-state index in [1.54, 1.807) is 0 Å². The second-order valence-corrected chi connectivity index (χ2v) is 7.16. The van der Waals surface area contributed by atoms with Crippen LogP contribution in [-0.4, -0.2) is 11.4 Å². The molecule has 0 aliphatic heterocycles. The van der Waals surface area contributed by atoms with E-state index in [1.807, 2.05) is 0 Å². The van der Waals surface area contributed by atoms with Gasteiger partial charge in [-0.05, 0) is 24.1 Å². The highest BCUT2D eigenvalue weighted by Gasteiger charge is 2.07. The minimum absolute atomic E-state index is 1.05. The minimum Gasteiger partial charge on any atom is -0.295 e. The molecule has 0 aliphatic carbocycles. The number of hydrogen-bond donors (Lipinski definition) is 0. The summed E-state index contributed by atoms with van der Waals surface area (Å²) < 4.78 is 0. The molecule has 1 heteroatoms. The van der Waals surface area contributed by atoms with Crippen LogP contribution in [0, 0.1) is 0 Å². The number of benzene rings is 2. The fourth-order valence-electron chi connectivity index (χ4n) is 3.37. The third-order valence-electron chi connectivity index (χ3n) is 4.83. The first-order chi connectivity index (χ1) is 12.4. The van der Waals surface area contributed by atoms with E-state index in [0.29, 0.717) is 0 Å². The molecule has 0 N–H and O–H groups in total. The van der Waals surface area contributed by atoms with Gasteiger partial charge in [-0.1, -0.05) is 113 Å². The fourth-order valence-corrected chi connectivity index (χ4v) is 3.37. The monoisotopic (exact) mass is 337 g/mol. The van der Waals surface area contributed by atoms with E-state index in [9.17, 15) is 0 Å². The maximum atomic E-state index is 2.60. The van der Waals surface area contributed by atoms with Crippen LogP contribution >= 0.6 is 0 Å². The summed E-state index contributed by atoms with van der Waals surface area (Å²) in [6, 6.07) is 21.7. The van der Waals surface area contributed by atoms with Gasteiger partial charge in [0, 0.05) is 13.1 Å². The van der Waals surface area contributed by atoms with Crippen molar-refractivity contribution in [1.82, 2.24) is 4.90 Å². The van der Waals surface area contributed by atoms with Crippen molar-refractivity contribution in [2.45, 2.75) is 71.4 Å². The van der Waals surface area contributed by atoms with Gasteiger partial charge in [0.2, 0.25) is 0 Å². The predicted octanol–water partition coefficient (Wildman–Crippen LogP) is 6.83. The molecule has 0 radical (unpaired) electrons. The fraction of sp³-hybridized carbons (Fsp3) is 0.500. The molecule has 0 bridgehead atoms. The highest BCUT2D eigenvalue weighted by atomic mass is 15.1. The molecule has 2 rings (SSSR count). The van der Waals surface area contributed by atoms with Crippen LogP contribution in [0.25, 0.3) is 0 Å². The minimum atomic E-state index is 1.05. The van der Waals surface area contributed by atoms with Crippen LogP contribution in [-0.2, 0) is 13.1 Å². The molecule has 0 saturated heterocycles. The average molecular weight is 338 g/mol. The van der Waals surface area contributed by atoms with E-state index in [4.69, 9.17) is 0 Å². The van der Waals surface area contributed by atoms with Crippen molar-refractivity contribution in [3.05, 3.63) is 71.8 Å². The van der Waals surface area contributed by atoms with Crippen LogP contribution in [0.4, 0.5) is 0 Å². The molecule has 136 valence electrons. The van der Waals surface area contributed by atoms with Gasteiger partial charge < -0.3 is 0 Å². The summed E-state index contributed by atoms with van der Waals surface area (Å²) in [5.41, 5.74) is 2.83. The Hall–Kier alpha value is -1.60. The summed E-state index contributed by atoms with van der Waals surface area (Å²) in [4.78, 5) is 2.60. The van der Waals surface area contributed by atoms with Gasteiger partial charge in [-0.25, -0.2) is 0 Å². The van der Waals surface area contributed by atoms with Gasteiger partial charge in [0.1, 0.15) is 0 Å². The molecule has 0 aromatic heterocycles. The van der Waals surface area contributed by atoms with E-state index in [2.05, 4.69) is 72.5 Å². The third-order valence-corrected chi connectivity index (χ3v) is 4.83. The maximum absolute atomic E-state index is 2.60. The lowest BCUT2D eigenvalue weighted by atomic mass is 10.1. The molecule has 0 unspecified atom stereocenters. The first-order valence-corrected chi connectivity index (χ1v) is 10.2. The van der Waals surface area contributed by atoms with Crippen LogP contribution in [0.1, 0.15) is 69.4 Å². The lowest BCUT2D eigenvalue weighted by molar-refractivity contribution is 0.250. The van der Waals surface area contributed by atoms with Crippen molar-refractivity contribution in [1.29, 1.82) is 0 Å². The van der Waals surface area contributed by atoms with E-state index in [-0.39, 0.29) is 0 Å². The van der Waals surface area contributed by atoms with Crippen molar-refractivity contribution in [3.63, 3.8) is 0 Å². The molecule has 0 heterocycles. The normalized spacial score (nSPS) is 11.1. The third kappa shape index (κ3) is 8.88. The van der Waals surface area contributed by atoms with Gasteiger partial charge in [0.05, 0.1) is 0 Å². The second-order valence-electron chi connectivity index (χ2n) is 7.16. The Morgan fingerprint density at radius 3 is 1.48 bits per heavy atom. The molecular formula is C24H35N. The van der Waals surface area contributed by atoms with Gasteiger partial charge in [-0.3, -0.25) is 4.90 Å². The van der Waals surface area contributed by atoms with E-state index >= 15 is 0 Å². The van der Waals surface area contributed by atoms with Crippen LogP contribution in [0.15, 0.2) is 60.7 Å². The number of rotatable bonds is 13. The molecule has 0 spiro atoms. The summed E-state index contributed by atoms with van der Waals surface area (Å²) in [7, 11) is 0. The Morgan fingerprint density at radius 2 is 1.00 bits per heavy atom. The standard InChI is InChI=1S/C24H35N/c1-2-3-4-5-6-7-8-15-20-25(21-23-16-11-9-12-17-23)22-24-18-13-10-14-19-24/h9-14,16-19H,2-8,15,20-22H2,1H3. The van der Waals surface area contributed by atoms with Gasteiger partial charge in [-0.2, -0.15) is 0 Å².